The van der Waals surface area contributed by atoms with E-state index in [2.05, 4.69) is 10.4 Å². The van der Waals surface area contributed by atoms with Crippen LogP contribution in [-0.2, 0) is 13.5 Å². The zero-order chi connectivity index (χ0) is 13.0. The summed E-state index contributed by atoms with van der Waals surface area (Å²) in [6.07, 6.45) is 1.35. The second kappa shape index (κ2) is 5.67. The fourth-order valence-corrected chi connectivity index (χ4v) is 1.66. The molecule has 4 N–H and O–H groups in total. The van der Waals surface area contributed by atoms with Gasteiger partial charge in [0.1, 0.15) is 5.69 Å². The van der Waals surface area contributed by atoms with Crippen LogP contribution < -0.4 is 11.1 Å². The first-order chi connectivity index (χ1) is 8.04. The number of carbonyl (C=O) groups excluding carboxylic acids is 1. The number of aliphatic hydroxyl groups excluding tert-OH is 1. The lowest BCUT2D eigenvalue weighted by Gasteiger charge is -2.14. The Morgan fingerprint density at radius 1 is 1.59 bits per heavy atom. The van der Waals surface area contributed by atoms with Gasteiger partial charge in [-0.3, -0.25) is 9.48 Å². The molecule has 0 aliphatic rings. The van der Waals surface area contributed by atoms with Crippen molar-refractivity contribution in [1.82, 2.24) is 15.1 Å². The normalized spacial score (nSPS) is 12.5. The Bertz CT molecular complexity index is 396. The first-order valence-electron chi connectivity index (χ1n) is 5.78. The van der Waals surface area contributed by atoms with Gasteiger partial charge in [-0.2, -0.15) is 5.10 Å². The zero-order valence-electron chi connectivity index (χ0n) is 10.5. The summed E-state index contributed by atoms with van der Waals surface area (Å²) in [6, 6.07) is -0.248. The van der Waals surface area contributed by atoms with Gasteiger partial charge < -0.3 is 16.2 Å². The lowest BCUT2D eigenvalue weighted by atomic mass is 10.2. The lowest BCUT2D eigenvalue weighted by Crippen LogP contribution is -2.38. The molecule has 0 radical (unpaired) electrons. The van der Waals surface area contributed by atoms with E-state index in [9.17, 15) is 4.79 Å². The summed E-state index contributed by atoms with van der Waals surface area (Å²) in [5.41, 5.74) is 7.36. The minimum atomic E-state index is -0.293. The molecule has 17 heavy (non-hydrogen) atoms. The number of hydrogen-bond acceptors (Lipinski definition) is 4. The molecule has 6 nitrogen and oxygen atoms in total. The lowest BCUT2D eigenvalue weighted by molar-refractivity contribution is 0.0906. The van der Waals surface area contributed by atoms with Crippen molar-refractivity contribution in [1.29, 1.82) is 0 Å². The maximum atomic E-state index is 12.0. The summed E-state index contributed by atoms with van der Waals surface area (Å²) in [6.45, 7) is 3.74. The third-order valence-electron chi connectivity index (χ3n) is 2.76. The Kier molecular flexibility index (Phi) is 4.51. The summed E-state index contributed by atoms with van der Waals surface area (Å²) in [5, 5.41) is 15.9. The van der Waals surface area contributed by atoms with Crippen molar-refractivity contribution in [2.24, 2.45) is 7.05 Å². The number of aromatic nitrogens is 2. The Labute approximate surface area is 101 Å². The molecule has 0 saturated carbocycles. The van der Waals surface area contributed by atoms with Crippen LogP contribution in [0.2, 0.25) is 0 Å². The van der Waals surface area contributed by atoms with Gasteiger partial charge in [0.2, 0.25) is 0 Å². The van der Waals surface area contributed by atoms with Crippen LogP contribution in [0, 0.1) is 0 Å². The molecule has 0 aromatic carbocycles. The number of anilines is 1. The third kappa shape index (κ3) is 2.76. The monoisotopic (exact) mass is 240 g/mol. The highest BCUT2D eigenvalue weighted by molar-refractivity contribution is 5.98. The molecular formula is C11H20N4O2. The van der Waals surface area contributed by atoms with Crippen molar-refractivity contribution in [3.05, 3.63) is 11.4 Å². The van der Waals surface area contributed by atoms with Crippen molar-refractivity contribution >= 4 is 11.6 Å². The third-order valence-corrected chi connectivity index (χ3v) is 2.76. The van der Waals surface area contributed by atoms with E-state index in [0.717, 1.165) is 5.69 Å². The molecule has 1 amide bonds. The molecule has 0 saturated heterocycles. The molecule has 0 bridgehead atoms. The van der Waals surface area contributed by atoms with E-state index in [1.165, 1.54) is 4.68 Å². The largest absolute Gasteiger partial charge is 0.395 e. The van der Waals surface area contributed by atoms with Gasteiger partial charge >= 0.3 is 0 Å². The van der Waals surface area contributed by atoms with Crippen LogP contribution >= 0.6 is 0 Å². The van der Waals surface area contributed by atoms with Gasteiger partial charge in [-0.25, -0.2) is 0 Å². The molecule has 1 aromatic heterocycles. The van der Waals surface area contributed by atoms with Gasteiger partial charge in [-0.05, 0) is 12.8 Å². The smallest absolute Gasteiger partial charge is 0.271 e. The first-order valence-corrected chi connectivity index (χ1v) is 5.78. The average molecular weight is 240 g/mol. The van der Waals surface area contributed by atoms with Crippen LogP contribution in [0.3, 0.4) is 0 Å². The maximum absolute atomic E-state index is 12.0. The van der Waals surface area contributed by atoms with Crippen LogP contribution in [0.1, 0.15) is 36.5 Å². The van der Waals surface area contributed by atoms with Crippen LogP contribution in [0.15, 0.2) is 0 Å². The van der Waals surface area contributed by atoms with Crippen LogP contribution in [0.4, 0.5) is 5.69 Å². The number of carbonyl (C=O) groups is 1. The number of nitrogens with two attached hydrogens (primary N) is 1. The van der Waals surface area contributed by atoms with Crippen molar-refractivity contribution in [3.8, 4) is 0 Å². The highest BCUT2D eigenvalue weighted by atomic mass is 16.3. The van der Waals surface area contributed by atoms with E-state index in [-0.39, 0.29) is 18.6 Å². The number of rotatable bonds is 5. The molecule has 1 heterocycles. The number of nitrogens with zero attached hydrogens (tertiary/aromatic N) is 2. The van der Waals surface area contributed by atoms with Crippen molar-refractivity contribution < 1.29 is 9.90 Å². The topological polar surface area (TPSA) is 93.2 Å². The van der Waals surface area contributed by atoms with Gasteiger partial charge in [0, 0.05) is 7.05 Å². The van der Waals surface area contributed by atoms with Crippen LogP contribution in [0.25, 0.3) is 0 Å². The first kappa shape index (κ1) is 13.5. The predicted octanol–water partition coefficient (Wildman–Crippen LogP) is 0.0654. The highest BCUT2D eigenvalue weighted by Gasteiger charge is 2.20. The van der Waals surface area contributed by atoms with Gasteiger partial charge in [0.25, 0.3) is 5.91 Å². The number of aliphatic hydroxyl groups is 1. The summed E-state index contributed by atoms with van der Waals surface area (Å²) in [4.78, 5) is 12.0. The Hall–Kier alpha value is -1.56. The predicted molar refractivity (Wildman–Crippen MR) is 65.6 cm³/mol. The Morgan fingerprint density at radius 2 is 2.24 bits per heavy atom. The quantitative estimate of drug-likeness (QED) is 0.678. The van der Waals surface area contributed by atoms with E-state index in [1.54, 1.807) is 7.05 Å². The summed E-state index contributed by atoms with van der Waals surface area (Å²) in [5.74, 6) is -0.293. The van der Waals surface area contributed by atoms with Gasteiger partial charge in [-0.1, -0.05) is 13.8 Å². The van der Waals surface area contributed by atoms with E-state index in [4.69, 9.17) is 10.8 Å². The fraction of sp³-hybridized carbons (Fsp3) is 0.636. The fourth-order valence-electron chi connectivity index (χ4n) is 1.66. The van der Waals surface area contributed by atoms with E-state index in [0.29, 0.717) is 24.2 Å². The molecule has 0 spiro atoms. The Morgan fingerprint density at radius 3 is 2.65 bits per heavy atom. The number of aryl methyl sites for hydroxylation is 2. The van der Waals surface area contributed by atoms with Crippen molar-refractivity contribution in [3.63, 3.8) is 0 Å². The molecule has 0 aliphatic heterocycles. The van der Waals surface area contributed by atoms with Gasteiger partial charge in [0.05, 0.1) is 24.0 Å². The van der Waals surface area contributed by atoms with E-state index in [1.807, 2.05) is 13.8 Å². The molecule has 6 heteroatoms. The highest BCUT2D eigenvalue weighted by Crippen LogP contribution is 2.16. The minimum absolute atomic E-state index is 0.0827. The molecular weight excluding hydrogens is 220 g/mol. The van der Waals surface area contributed by atoms with Crippen molar-refractivity contribution in [2.45, 2.75) is 32.7 Å². The summed E-state index contributed by atoms with van der Waals surface area (Å²) in [7, 11) is 1.68. The minimum Gasteiger partial charge on any atom is -0.395 e. The standard InChI is InChI=1S/C11H20N4O2/c1-4-7(6-16)13-11(17)10-9(12)8(5-2)14-15(10)3/h7,16H,4-6,12H2,1-3H3,(H,13,17)/t7-/m1/s1. The number of amides is 1. The Balaban J connectivity index is 2.92. The number of hydrogen-bond donors (Lipinski definition) is 3. The molecule has 1 atom stereocenters. The van der Waals surface area contributed by atoms with Crippen LogP contribution in [-0.4, -0.2) is 33.4 Å². The molecule has 0 unspecified atom stereocenters. The van der Waals surface area contributed by atoms with E-state index >= 15 is 0 Å². The van der Waals surface area contributed by atoms with Gasteiger partial charge in [0.15, 0.2) is 0 Å². The molecule has 1 aromatic rings. The van der Waals surface area contributed by atoms with E-state index < -0.39 is 0 Å². The molecule has 0 fully saturated rings. The second-order valence-electron chi connectivity index (χ2n) is 3.95. The average Bonchev–Trinajstić information content (AvgIpc) is 2.60. The number of nitrogen functional groups attached to an aromatic ring is 1. The van der Waals surface area contributed by atoms with Crippen LogP contribution in [0.5, 0.6) is 0 Å². The molecule has 1 rings (SSSR count). The SMILES string of the molecule is CCc1nn(C)c(C(=O)N[C@H](CC)CO)c1N. The second-order valence-corrected chi connectivity index (χ2v) is 3.95. The zero-order valence-corrected chi connectivity index (χ0v) is 10.5. The molecule has 96 valence electrons. The van der Waals surface area contributed by atoms with Gasteiger partial charge in [-0.15, -0.1) is 0 Å². The number of nitrogens with one attached hydrogen (secondary N) is 1. The summed E-state index contributed by atoms with van der Waals surface area (Å²) < 4.78 is 1.48. The maximum Gasteiger partial charge on any atom is 0.271 e. The summed E-state index contributed by atoms with van der Waals surface area (Å²) >= 11 is 0. The molecule has 0 aliphatic carbocycles. The van der Waals surface area contributed by atoms with Crippen molar-refractivity contribution in [2.75, 3.05) is 12.3 Å².